The third kappa shape index (κ3) is 4.77. The smallest absolute Gasteiger partial charge is 0.0494 e. The molecule has 0 fully saturated rings. The Labute approximate surface area is 97.7 Å². The molecule has 1 rings (SSSR count). The quantitative estimate of drug-likeness (QED) is 0.734. The summed E-state index contributed by atoms with van der Waals surface area (Å²) >= 11 is 0. The van der Waals surface area contributed by atoms with E-state index in [1.54, 1.807) is 6.20 Å². The number of aliphatic hydroxyl groups excluding tert-OH is 1. The third-order valence-electron chi connectivity index (χ3n) is 2.71. The summed E-state index contributed by atoms with van der Waals surface area (Å²) in [5.74, 6) is 0. The number of hydrogen-bond acceptors (Lipinski definition) is 3. The Hall–Kier alpha value is -0.870. The number of nitrogens with one attached hydrogen (secondary N) is 1. The maximum absolute atomic E-state index is 9.13. The SMILES string of the molecule is CC(CCn1cccn1)NCC(C)(C)CO. The monoisotopic (exact) mass is 225 g/mol. The molecule has 92 valence electrons. The first kappa shape index (κ1) is 13.2. The summed E-state index contributed by atoms with van der Waals surface area (Å²) in [4.78, 5) is 0. The minimum atomic E-state index is -0.0417. The molecule has 1 atom stereocenters. The standard InChI is InChI=1S/C12H23N3O/c1-11(13-9-12(2,3)10-16)5-8-15-7-4-6-14-15/h4,6-7,11,13,16H,5,8-10H2,1-3H3. The van der Waals surface area contributed by atoms with Crippen LogP contribution < -0.4 is 5.32 Å². The lowest BCUT2D eigenvalue weighted by Crippen LogP contribution is -2.37. The molecule has 0 aromatic carbocycles. The second-order valence-electron chi connectivity index (χ2n) is 5.16. The lowest BCUT2D eigenvalue weighted by Gasteiger charge is -2.24. The van der Waals surface area contributed by atoms with E-state index >= 15 is 0 Å². The fourth-order valence-electron chi connectivity index (χ4n) is 1.37. The molecule has 0 spiro atoms. The molecule has 1 unspecified atom stereocenters. The first-order valence-corrected chi connectivity index (χ1v) is 5.85. The lowest BCUT2D eigenvalue weighted by molar-refractivity contribution is 0.153. The van der Waals surface area contributed by atoms with Crippen LogP contribution >= 0.6 is 0 Å². The molecule has 0 bridgehead atoms. The molecule has 0 saturated heterocycles. The second kappa shape index (κ2) is 6.01. The highest BCUT2D eigenvalue weighted by atomic mass is 16.3. The summed E-state index contributed by atoms with van der Waals surface area (Å²) < 4.78 is 1.94. The number of aliphatic hydroxyl groups is 1. The van der Waals surface area contributed by atoms with Crippen molar-refractivity contribution in [1.29, 1.82) is 0 Å². The molecule has 2 N–H and O–H groups in total. The zero-order chi connectivity index (χ0) is 12.0. The number of hydrogen-bond donors (Lipinski definition) is 2. The second-order valence-corrected chi connectivity index (χ2v) is 5.16. The van der Waals surface area contributed by atoms with Crippen molar-refractivity contribution in [2.45, 2.75) is 39.8 Å². The van der Waals surface area contributed by atoms with Crippen molar-refractivity contribution in [2.24, 2.45) is 5.41 Å². The van der Waals surface area contributed by atoms with E-state index in [0.29, 0.717) is 6.04 Å². The molecule has 0 saturated carbocycles. The summed E-state index contributed by atoms with van der Waals surface area (Å²) in [7, 11) is 0. The zero-order valence-corrected chi connectivity index (χ0v) is 10.5. The first-order chi connectivity index (χ1) is 7.53. The maximum atomic E-state index is 9.13. The van der Waals surface area contributed by atoms with Gasteiger partial charge in [0.1, 0.15) is 0 Å². The van der Waals surface area contributed by atoms with Crippen molar-refractivity contribution in [2.75, 3.05) is 13.2 Å². The molecular weight excluding hydrogens is 202 g/mol. The number of nitrogens with zero attached hydrogens (tertiary/aromatic N) is 2. The van der Waals surface area contributed by atoms with Gasteiger partial charge in [-0.05, 0) is 19.4 Å². The minimum absolute atomic E-state index is 0.0417. The van der Waals surface area contributed by atoms with Crippen molar-refractivity contribution in [1.82, 2.24) is 15.1 Å². The van der Waals surface area contributed by atoms with Gasteiger partial charge in [-0.15, -0.1) is 0 Å². The van der Waals surface area contributed by atoms with Gasteiger partial charge < -0.3 is 10.4 Å². The molecule has 1 aromatic heterocycles. The normalized spacial score (nSPS) is 14.0. The minimum Gasteiger partial charge on any atom is -0.396 e. The van der Waals surface area contributed by atoms with Crippen molar-refractivity contribution in [3.05, 3.63) is 18.5 Å². The first-order valence-electron chi connectivity index (χ1n) is 5.85. The molecular formula is C12H23N3O. The summed E-state index contributed by atoms with van der Waals surface area (Å²) in [6.45, 7) is 8.26. The van der Waals surface area contributed by atoms with E-state index < -0.39 is 0 Å². The van der Waals surface area contributed by atoms with Crippen LogP contribution in [0.2, 0.25) is 0 Å². The van der Waals surface area contributed by atoms with Crippen LogP contribution in [0.1, 0.15) is 27.2 Å². The summed E-state index contributed by atoms with van der Waals surface area (Å²) in [6, 6.07) is 2.38. The van der Waals surface area contributed by atoms with Gasteiger partial charge in [0.15, 0.2) is 0 Å². The molecule has 0 radical (unpaired) electrons. The molecule has 0 aliphatic carbocycles. The Bertz CT molecular complexity index is 282. The van der Waals surface area contributed by atoms with Gasteiger partial charge in [0.05, 0.1) is 0 Å². The van der Waals surface area contributed by atoms with Crippen LogP contribution in [0.4, 0.5) is 0 Å². The van der Waals surface area contributed by atoms with Gasteiger partial charge in [-0.25, -0.2) is 0 Å². The fourth-order valence-corrected chi connectivity index (χ4v) is 1.37. The number of rotatable bonds is 7. The van der Waals surface area contributed by atoms with Crippen LogP contribution in [0.25, 0.3) is 0 Å². The zero-order valence-electron chi connectivity index (χ0n) is 10.5. The Kier molecular flexibility index (Phi) is 4.96. The van der Waals surface area contributed by atoms with Gasteiger partial charge in [0, 0.05) is 43.5 Å². The molecule has 1 aromatic rings. The number of aryl methyl sites for hydroxylation is 1. The van der Waals surface area contributed by atoms with Gasteiger partial charge in [0.25, 0.3) is 0 Å². The Balaban J connectivity index is 2.18. The lowest BCUT2D eigenvalue weighted by atomic mass is 9.94. The van der Waals surface area contributed by atoms with E-state index in [-0.39, 0.29) is 12.0 Å². The van der Waals surface area contributed by atoms with Gasteiger partial charge in [-0.2, -0.15) is 5.10 Å². The van der Waals surface area contributed by atoms with Gasteiger partial charge in [-0.1, -0.05) is 13.8 Å². The van der Waals surface area contributed by atoms with Crippen molar-refractivity contribution >= 4 is 0 Å². The number of aromatic nitrogens is 2. The highest BCUT2D eigenvalue weighted by Gasteiger charge is 2.16. The van der Waals surface area contributed by atoms with Crippen LogP contribution in [0.3, 0.4) is 0 Å². The van der Waals surface area contributed by atoms with Crippen LogP contribution in [0.15, 0.2) is 18.5 Å². The van der Waals surface area contributed by atoms with E-state index in [1.807, 2.05) is 16.9 Å². The molecule has 0 aliphatic rings. The molecule has 4 nitrogen and oxygen atoms in total. The van der Waals surface area contributed by atoms with Crippen LogP contribution in [0, 0.1) is 5.41 Å². The van der Waals surface area contributed by atoms with Crippen molar-refractivity contribution < 1.29 is 5.11 Å². The maximum Gasteiger partial charge on any atom is 0.0494 e. The molecule has 4 heteroatoms. The van der Waals surface area contributed by atoms with Gasteiger partial charge in [-0.3, -0.25) is 4.68 Å². The molecule has 16 heavy (non-hydrogen) atoms. The Morgan fingerprint density at radius 2 is 2.25 bits per heavy atom. The van der Waals surface area contributed by atoms with E-state index in [0.717, 1.165) is 19.5 Å². The highest BCUT2D eigenvalue weighted by molar-refractivity contribution is 4.78. The van der Waals surface area contributed by atoms with Crippen molar-refractivity contribution in [3.8, 4) is 0 Å². The fraction of sp³-hybridized carbons (Fsp3) is 0.750. The van der Waals surface area contributed by atoms with E-state index in [1.165, 1.54) is 0 Å². The predicted molar refractivity (Wildman–Crippen MR) is 65.2 cm³/mol. The van der Waals surface area contributed by atoms with E-state index in [2.05, 4.69) is 31.2 Å². The molecule has 0 aliphatic heterocycles. The average molecular weight is 225 g/mol. The van der Waals surface area contributed by atoms with E-state index in [9.17, 15) is 0 Å². The topological polar surface area (TPSA) is 50.1 Å². The highest BCUT2D eigenvalue weighted by Crippen LogP contribution is 2.12. The Morgan fingerprint density at radius 1 is 1.50 bits per heavy atom. The molecule has 0 amide bonds. The Morgan fingerprint density at radius 3 is 2.81 bits per heavy atom. The van der Waals surface area contributed by atoms with E-state index in [4.69, 9.17) is 5.11 Å². The van der Waals surface area contributed by atoms with Gasteiger partial charge >= 0.3 is 0 Å². The average Bonchev–Trinajstić information content (AvgIpc) is 2.76. The largest absolute Gasteiger partial charge is 0.396 e. The summed E-state index contributed by atoms with van der Waals surface area (Å²) in [5, 5.41) is 16.7. The summed E-state index contributed by atoms with van der Waals surface area (Å²) in [6.07, 6.45) is 4.82. The van der Waals surface area contributed by atoms with Crippen molar-refractivity contribution in [3.63, 3.8) is 0 Å². The third-order valence-corrected chi connectivity index (χ3v) is 2.71. The summed E-state index contributed by atoms with van der Waals surface area (Å²) in [5.41, 5.74) is -0.0417. The van der Waals surface area contributed by atoms with Gasteiger partial charge in [0.2, 0.25) is 0 Å². The van der Waals surface area contributed by atoms with Crippen LogP contribution in [0.5, 0.6) is 0 Å². The van der Waals surface area contributed by atoms with Crippen LogP contribution in [-0.2, 0) is 6.54 Å². The molecule has 1 heterocycles. The predicted octanol–water partition coefficient (Wildman–Crippen LogP) is 1.27. The van der Waals surface area contributed by atoms with Crippen LogP contribution in [-0.4, -0.2) is 34.1 Å².